The monoisotopic (exact) mass is 320 g/mol. The van der Waals surface area contributed by atoms with Gasteiger partial charge < -0.3 is 9.84 Å². The van der Waals surface area contributed by atoms with E-state index < -0.39 is 28.3 Å². The summed E-state index contributed by atoms with van der Waals surface area (Å²) in [5, 5.41) is 9.90. The van der Waals surface area contributed by atoms with E-state index in [1.165, 1.54) is 8.61 Å². The Bertz CT molecular complexity index is 481. The lowest BCUT2D eigenvalue weighted by atomic mass is 9.98. The van der Waals surface area contributed by atoms with Crippen LogP contribution in [0.5, 0.6) is 0 Å². The highest BCUT2D eigenvalue weighted by Crippen LogP contribution is 2.27. The van der Waals surface area contributed by atoms with Crippen molar-refractivity contribution in [2.75, 3.05) is 26.2 Å². The van der Waals surface area contributed by atoms with Gasteiger partial charge in [-0.1, -0.05) is 6.92 Å². The molecule has 8 heteroatoms. The summed E-state index contributed by atoms with van der Waals surface area (Å²) in [4.78, 5) is 11.9. The third-order valence-corrected chi connectivity index (χ3v) is 6.28. The molecule has 21 heavy (non-hydrogen) atoms. The van der Waals surface area contributed by atoms with E-state index in [4.69, 9.17) is 4.74 Å². The Morgan fingerprint density at radius 1 is 1.33 bits per heavy atom. The minimum atomic E-state index is -3.72. The van der Waals surface area contributed by atoms with Gasteiger partial charge in [0.05, 0.1) is 12.7 Å². The van der Waals surface area contributed by atoms with Gasteiger partial charge in [0.15, 0.2) is 0 Å². The summed E-state index contributed by atoms with van der Waals surface area (Å²) < 4.78 is 32.9. The first-order valence-corrected chi connectivity index (χ1v) is 8.89. The molecule has 2 saturated heterocycles. The third-order valence-electron chi connectivity index (χ3n) is 4.27. The van der Waals surface area contributed by atoms with Crippen LogP contribution in [0.25, 0.3) is 0 Å². The van der Waals surface area contributed by atoms with Crippen molar-refractivity contribution in [3.63, 3.8) is 0 Å². The Hall–Kier alpha value is -0.700. The standard InChI is InChI=1S/C13H24N2O5S/c1-3-20-13(17)11-5-4-7-15(11)21(18,19)14-8-6-10(2)12(16)9-14/h10-12,16H,3-9H2,1-2H3. The summed E-state index contributed by atoms with van der Waals surface area (Å²) in [7, 11) is -3.72. The highest BCUT2D eigenvalue weighted by Gasteiger charge is 2.44. The SMILES string of the molecule is CCOC(=O)C1CCCN1S(=O)(=O)N1CCC(C)C(O)C1. The van der Waals surface area contributed by atoms with Crippen molar-refractivity contribution < 1.29 is 23.1 Å². The number of ether oxygens (including phenoxy) is 1. The molecule has 2 heterocycles. The predicted octanol–water partition coefficient (Wildman–Crippen LogP) is -0.0386. The van der Waals surface area contributed by atoms with Gasteiger partial charge in [-0.25, -0.2) is 0 Å². The minimum Gasteiger partial charge on any atom is -0.465 e. The molecule has 0 spiro atoms. The number of β-amino-alcohol motifs (C(OH)–C–C–N with tert-alkyl or cyclic N) is 1. The summed E-state index contributed by atoms with van der Waals surface area (Å²) in [6.07, 6.45) is 1.11. The van der Waals surface area contributed by atoms with Gasteiger partial charge in [-0.15, -0.1) is 0 Å². The highest BCUT2D eigenvalue weighted by molar-refractivity contribution is 7.86. The van der Waals surface area contributed by atoms with Crippen LogP contribution in [0.1, 0.15) is 33.1 Å². The third kappa shape index (κ3) is 3.39. The maximum atomic E-state index is 12.7. The van der Waals surface area contributed by atoms with Crippen molar-refractivity contribution in [1.82, 2.24) is 8.61 Å². The van der Waals surface area contributed by atoms with Crippen molar-refractivity contribution in [3.05, 3.63) is 0 Å². The van der Waals surface area contributed by atoms with E-state index in [-0.39, 0.29) is 19.1 Å². The summed E-state index contributed by atoms with van der Waals surface area (Å²) in [5.41, 5.74) is 0. The fraction of sp³-hybridized carbons (Fsp3) is 0.923. The lowest BCUT2D eigenvalue weighted by molar-refractivity contribution is -0.146. The Balaban J connectivity index is 2.13. The molecule has 2 aliphatic rings. The average molecular weight is 320 g/mol. The van der Waals surface area contributed by atoms with Gasteiger partial charge in [-0.2, -0.15) is 17.0 Å². The summed E-state index contributed by atoms with van der Waals surface area (Å²) in [6, 6.07) is -0.730. The number of carbonyl (C=O) groups is 1. The first-order valence-electron chi connectivity index (χ1n) is 7.49. The molecule has 122 valence electrons. The van der Waals surface area contributed by atoms with Crippen molar-refractivity contribution in [3.8, 4) is 0 Å². The Kier molecular flexibility index (Phi) is 5.24. The van der Waals surface area contributed by atoms with Crippen LogP contribution in [0.4, 0.5) is 0 Å². The Labute approximate surface area is 126 Å². The van der Waals surface area contributed by atoms with E-state index in [9.17, 15) is 18.3 Å². The van der Waals surface area contributed by atoms with Crippen LogP contribution in [-0.4, -0.2) is 66.5 Å². The molecule has 0 amide bonds. The van der Waals surface area contributed by atoms with E-state index in [1.54, 1.807) is 6.92 Å². The molecule has 2 fully saturated rings. The topological polar surface area (TPSA) is 87.2 Å². The largest absolute Gasteiger partial charge is 0.465 e. The van der Waals surface area contributed by atoms with Crippen LogP contribution in [0, 0.1) is 5.92 Å². The van der Waals surface area contributed by atoms with Gasteiger partial charge in [0.1, 0.15) is 6.04 Å². The fourth-order valence-corrected chi connectivity index (χ4v) is 4.71. The highest BCUT2D eigenvalue weighted by atomic mass is 32.2. The molecule has 3 unspecified atom stereocenters. The number of aliphatic hydroxyl groups excluding tert-OH is 1. The zero-order valence-corrected chi connectivity index (χ0v) is 13.4. The van der Waals surface area contributed by atoms with E-state index in [0.29, 0.717) is 32.4 Å². The summed E-state index contributed by atoms with van der Waals surface area (Å²) >= 11 is 0. The molecular weight excluding hydrogens is 296 g/mol. The summed E-state index contributed by atoms with van der Waals surface area (Å²) in [5.74, 6) is -0.389. The van der Waals surface area contributed by atoms with E-state index >= 15 is 0 Å². The van der Waals surface area contributed by atoms with Crippen molar-refractivity contribution in [2.24, 2.45) is 5.92 Å². The van der Waals surface area contributed by atoms with Crippen molar-refractivity contribution >= 4 is 16.2 Å². The maximum Gasteiger partial charge on any atom is 0.324 e. The second-order valence-electron chi connectivity index (χ2n) is 5.72. The molecule has 7 nitrogen and oxygen atoms in total. The molecule has 2 rings (SSSR count). The normalized spacial score (nSPS) is 32.2. The van der Waals surface area contributed by atoms with Crippen LogP contribution in [-0.2, 0) is 19.7 Å². The number of piperidine rings is 1. The van der Waals surface area contributed by atoms with Gasteiger partial charge >= 0.3 is 5.97 Å². The number of rotatable bonds is 4. The zero-order chi connectivity index (χ0) is 15.6. The van der Waals surface area contributed by atoms with Crippen LogP contribution in [0.3, 0.4) is 0 Å². The van der Waals surface area contributed by atoms with E-state index in [2.05, 4.69) is 0 Å². The Morgan fingerprint density at radius 3 is 2.67 bits per heavy atom. The molecule has 0 bridgehead atoms. The van der Waals surface area contributed by atoms with Crippen molar-refractivity contribution in [2.45, 2.75) is 45.3 Å². The van der Waals surface area contributed by atoms with Gasteiger partial charge in [0, 0.05) is 19.6 Å². The zero-order valence-electron chi connectivity index (χ0n) is 12.6. The molecule has 0 radical (unpaired) electrons. The molecule has 0 aromatic carbocycles. The second-order valence-corrected chi connectivity index (χ2v) is 7.60. The summed E-state index contributed by atoms with van der Waals surface area (Å²) in [6.45, 7) is 4.65. The molecule has 0 aliphatic carbocycles. The smallest absolute Gasteiger partial charge is 0.324 e. The molecule has 0 saturated carbocycles. The number of hydrogen-bond acceptors (Lipinski definition) is 5. The molecule has 3 atom stereocenters. The Morgan fingerprint density at radius 2 is 2.05 bits per heavy atom. The van der Waals surface area contributed by atoms with E-state index in [1.807, 2.05) is 6.92 Å². The van der Waals surface area contributed by atoms with E-state index in [0.717, 1.165) is 0 Å². The number of aliphatic hydroxyl groups is 1. The number of hydrogen-bond donors (Lipinski definition) is 1. The van der Waals surface area contributed by atoms with Crippen LogP contribution in [0.2, 0.25) is 0 Å². The van der Waals surface area contributed by atoms with Gasteiger partial charge in [0.2, 0.25) is 0 Å². The number of nitrogens with zero attached hydrogens (tertiary/aromatic N) is 2. The van der Waals surface area contributed by atoms with Crippen LogP contribution >= 0.6 is 0 Å². The molecule has 0 aromatic heterocycles. The number of carbonyl (C=O) groups excluding carboxylic acids is 1. The van der Waals surface area contributed by atoms with Gasteiger partial charge in [0.25, 0.3) is 10.2 Å². The van der Waals surface area contributed by atoms with Crippen LogP contribution in [0.15, 0.2) is 0 Å². The number of esters is 1. The molecule has 2 aliphatic heterocycles. The molecular formula is C13H24N2O5S. The van der Waals surface area contributed by atoms with Crippen molar-refractivity contribution in [1.29, 1.82) is 0 Å². The first-order chi connectivity index (χ1) is 9.87. The molecule has 1 N–H and O–H groups in total. The lowest BCUT2D eigenvalue weighted by Crippen LogP contribution is -2.53. The quantitative estimate of drug-likeness (QED) is 0.735. The first kappa shape index (κ1) is 16.7. The van der Waals surface area contributed by atoms with Gasteiger partial charge in [-0.3, -0.25) is 4.79 Å². The lowest BCUT2D eigenvalue weighted by Gasteiger charge is -2.36. The second kappa shape index (κ2) is 6.60. The predicted molar refractivity (Wildman–Crippen MR) is 76.6 cm³/mol. The average Bonchev–Trinajstić information content (AvgIpc) is 2.92. The fourth-order valence-electron chi connectivity index (χ4n) is 2.87. The van der Waals surface area contributed by atoms with Crippen LogP contribution < -0.4 is 0 Å². The van der Waals surface area contributed by atoms with Gasteiger partial charge in [-0.05, 0) is 32.1 Å². The molecule has 0 aromatic rings. The maximum absolute atomic E-state index is 12.7. The minimum absolute atomic E-state index is 0.0928.